The smallest absolute Gasteiger partial charge is 0.425 e. The van der Waals surface area contributed by atoms with Crippen LogP contribution in [0.25, 0.3) is 5.57 Å². The highest BCUT2D eigenvalue weighted by Crippen LogP contribution is 2.34. The molecule has 0 radical (unpaired) electrons. The summed E-state index contributed by atoms with van der Waals surface area (Å²) in [4.78, 5) is 0. The van der Waals surface area contributed by atoms with Gasteiger partial charge in [0.25, 0.3) is 0 Å². The molecule has 16 heavy (non-hydrogen) atoms. The average Bonchev–Trinajstić information content (AvgIpc) is 2.30. The average molecular weight is 216 g/mol. The largest absolute Gasteiger partial charge is 0.490 e. The van der Waals surface area contributed by atoms with E-state index in [9.17, 15) is 15.2 Å². The number of rotatable bonds is 2. The molecule has 0 spiro atoms. The Bertz CT molecular complexity index is 425. The third-order valence-corrected chi connectivity index (χ3v) is 2.81. The molecular formula is C12H13BO3. The molecule has 0 amide bonds. The van der Waals surface area contributed by atoms with Gasteiger partial charge in [-0.15, -0.1) is 0 Å². The zero-order valence-corrected chi connectivity index (χ0v) is 8.74. The highest BCUT2D eigenvalue weighted by Gasteiger charge is 2.43. The first-order valence-corrected chi connectivity index (χ1v) is 5.16. The summed E-state index contributed by atoms with van der Waals surface area (Å²) in [6.07, 6.45) is 5.43. The Hall–Kier alpha value is -1.36. The molecule has 1 aliphatic rings. The van der Waals surface area contributed by atoms with E-state index >= 15 is 0 Å². The molecule has 2 rings (SSSR count). The third kappa shape index (κ3) is 1.83. The van der Waals surface area contributed by atoms with Gasteiger partial charge in [-0.25, -0.2) is 0 Å². The molecule has 0 aliphatic heterocycles. The first-order valence-electron chi connectivity index (χ1n) is 5.16. The van der Waals surface area contributed by atoms with Crippen molar-refractivity contribution in [3.63, 3.8) is 0 Å². The van der Waals surface area contributed by atoms with Gasteiger partial charge in [-0.2, -0.15) is 0 Å². The monoisotopic (exact) mass is 216 g/mol. The molecule has 82 valence electrons. The van der Waals surface area contributed by atoms with Gasteiger partial charge < -0.3 is 15.2 Å². The maximum Gasteiger partial charge on any atom is 0.490 e. The fourth-order valence-corrected chi connectivity index (χ4v) is 1.87. The zero-order chi connectivity index (χ0) is 11.6. The van der Waals surface area contributed by atoms with Crippen molar-refractivity contribution in [2.24, 2.45) is 0 Å². The van der Waals surface area contributed by atoms with Gasteiger partial charge in [0.1, 0.15) is 5.50 Å². The Morgan fingerprint density at radius 3 is 2.44 bits per heavy atom. The summed E-state index contributed by atoms with van der Waals surface area (Å²) in [5, 5.41) is 28.8. The Kier molecular flexibility index (Phi) is 2.96. The molecule has 1 atom stereocenters. The molecule has 3 N–H and O–H groups in total. The molecule has 1 unspecified atom stereocenters. The van der Waals surface area contributed by atoms with Crippen molar-refractivity contribution in [2.45, 2.75) is 11.9 Å². The van der Waals surface area contributed by atoms with Gasteiger partial charge in [0, 0.05) is 0 Å². The van der Waals surface area contributed by atoms with E-state index in [1.54, 1.807) is 18.2 Å². The van der Waals surface area contributed by atoms with Crippen LogP contribution >= 0.6 is 0 Å². The molecule has 0 aromatic heterocycles. The molecule has 1 aromatic carbocycles. The van der Waals surface area contributed by atoms with Crippen LogP contribution in [-0.4, -0.2) is 27.8 Å². The van der Waals surface area contributed by atoms with E-state index in [1.807, 2.05) is 30.3 Å². The second-order valence-corrected chi connectivity index (χ2v) is 3.88. The van der Waals surface area contributed by atoms with E-state index in [1.165, 1.54) is 0 Å². The van der Waals surface area contributed by atoms with Gasteiger partial charge in [0.2, 0.25) is 0 Å². The predicted molar refractivity (Wildman–Crippen MR) is 63.3 cm³/mol. The second kappa shape index (κ2) is 4.25. The summed E-state index contributed by atoms with van der Waals surface area (Å²) in [6, 6.07) is 9.23. The van der Waals surface area contributed by atoms with Crippen LogP contribution in [0.4, 0.5) is 0 Å². The van der Waals surface area contributed by atoms with Crippen molar-refractivity contribution in [3.8, 4) is 0 Å². The standard InChI is InChI=1S/C12H13BO3/c14-12(13(15)16)9-5-4-8-11(12)10-6-2-1-3-7-10/h1-8,14-16H,9H2. The first kappa shape index (κ1) is 11.1. The molecule has 3 nitrogen and oxygen atoms in total. The number of hydrogen-bond acceptors (Lipinski definition) is 3. The lowest BCUT2D eigenvalue weighted by Crippen LogP contribution is -2.47. The summed E-state index contributed by atoms with van der Waals surface area (Å²) in [6.45, 7) is 0. The Balaban J connectivity index is 2.45. The number of benzene rings is 1. The van der Waals surface area contributed by atoms with Gasteiger partial charge in [0.05, 0.1) is 0 Å². The summed E-state index contributed by atoms with van der Waals surface area (Å²) in [5.74, 6) is 0. The Labute approximate surface area is 94.5 Å². The molecular weight excluding hydrogens is 203 g/mol. The molecule has 1 aliphatic carbocycles. The van der Waals surface area contributed by atoms with Crippen LogP contribution in [-0.2, 0) is 0 Å². The molecule has 1 aromatic rings. The number of allylic oxidation sites excluding steroid dienone is 2. The molecule has 0 saturated carbocycles. The van der Waals surface area contributed by atoms with E-state index in [4.69, 9.17) is 0 Å². The van der Waals surface area contributed by atoms with Crippen LogP contribution < -0.4 is 0 Å². The van der Waals surface area contributed by atoms with Gasteiger partial charge in [-0.05, 0) is 17.6 Å². The minimum atomic E-state index is -1.79. The van der Waals surface area contributed by atoms with Crippen molar-refractivity contribution in [1.29, 1.82) is 0 Å². The van der Waals surface area contributed by atoms with Crippen molar-refractivity contribution < 1.29 is 15.2 Å². The van der Waals surface area contributed by atoms with E-state index < -0.39 is 12.6 Å². The summed E-state index contributed by atoms with van der Waals surface area (Å²) < 4.78 is 0. The summed E-state index contributed by atoms with van der Waals surface area (Å²) in [7, 11) is -1.79. The van der Waals surface area contributed by atoms with Gasteiger partial charge in [0.15, 0.2) is 0 Å². The van der Waals surface area contributed by atoms with Gasteiger partial charge >= 0.3 is 7.12 Å². The third-order valence-electron chi connectivity index (χ3n) is 2.81. The van der Waals surface area contributed by atoms with Crippen LogP contribution in [0.3, 0.4) is 0 Å². The fraction of sp³-hybridized carbons (Fsp3) is 0.167. The normalized spacial score (nSPS) is 24.1. The molecule has 4 heteroatoms. The van der Waals surface area contributed by atoms with E-state index in [-0.39, 0.29) is 6.42 Å². The summed E-state index contributed by atoms with van der Waals surface area (Å²) >= 11 is 0. The molecule has 0 saturated heterocycles. The zero-order valence-electron chi connectivity index (χ0n) is 8.74. The molecule has 0 fully saturated rings. The van der Waals surface area contributed by atoms with Crippen LogP contribution in [0, 0.1) is 0 Å². The minimum absolute atomic E-state index is 0.200. The topological polar surface area (TPSA) is 60.7 Å². The van der Waals surface area contributed by atoms with Crippen LogP contribution in [0.2, 0.25) is 0 Å². The highest BCUT2D eigenvalue weighted by atomic mass is 16.4. The lowest BCUT2D eigenvalue weighted by molar-refractivity contribution is 0.139. The lowest BCUT2D eigenvalue weighted by atomic mass is 9.59. The fourth-order valence-electron chi connectivity index (χ4n) is 1.87. The van der Waals surface area contributed by atoms with Crippen molar-refractivity contribution >= 4 is 12.7 Å². The predicted octanol–water partition coefficient (Wildman–Crippen LogP) is 0.773. The van der Waals surface area contributed by atoms with Gasteiger partial charge in [-0.1, -0.05) is 48.6 Å². The minimum Gasteiger partial charge on any atom is -0.425 e. The Morgan fingerprint density at radius 1 is 1.12 bits per heavy atom. The van der Waals surface area contributed by atoms with Crippen LogP contribution in [0.5, 0.6) is 0 Å². The Morgan fingerprint density at radius 2 is 1.81 bits per heavy atom. The maximum atomic E-state index is 10.2. The van der Waals surface area contributed by atoms with E-state index in [0.717, 1.165) is 5.56 Å². The maximum absolute atomic E-state index is 10.2. The number of aliphatic hydroxyl groups is 1. The van der Waals surface area contributed by atoms with Crippen LogP contribution in [0.15, 0.2) is 48.6 Å². The first-order chi connectivity index (χ1) is 7.64. The molecule has 0 heterocycles. The second-order valence-electron chi connectivity index (χ2n) is 3.88. The van der Waals surface area contributed by atoms with Crippen LogP contribution in [0.1, 0.15) is 12.0 Å². The SMILES string of the molecule is OB(O)C1(O)CC=CC=C1c1ccccc1. The highest BCUT2D eigenvalue weighted by molar-refractivity contribution is 6.49. The van der Waals surface area contributed by atoms with Crippen molar-refractivity contribution in [3.05, 3.63) is 54.1 Å². The molecule has 0 bridgehead atoms. The van der Waals surface area contributed by atoms with Gasteiger partial charge in [-0.3, -0.25) is 0 Å². The van der Waals surface area contributed by atoms with Crippen molar-refractivity contribution in [2.75, 3.05) is 0 Å². The quantitative estimate of drug-likeness (QED) is 0.640. The van der Waals surface area contributed by atoms with E-state index in [2.05, 4.69) is 0 Å². The van der Waals surface area contributed by atoms with Crippen molar-refractivity contribution in [1.82, 2.24) is 0 Å². The summed E-state index contributed by atoms with van der Waals surface area (Å²) in [5.41, 5.74) is -0.288. The lowest BCUT2D eigenvalue weighted by Gasteiger charge is -2.31. The van der Waals surface area contributed by atoms with E-state index in [0.29, 0.717) is 5.57 Å². The number of hydrogen-bond donors (Lipinski definition) is 3.